The molecule has 1 aliphatic heterocycles. The predicted octanol–water partition coefficient (Wildman–Crippen LogP) is 3.07. The van der Waals surface area contributed by atoms with E-state index in [9.17, 15) is 4.79 Å². The minimum atomic E-state index is 0.0142. The summed E-state index contributed by atoms with van der Waals surface area (Å²) in [5.41, 5.74) is 2.24. The molecule has 1 aromatic heterocycles. The van der Waals surface area contributed by atoms with Crippen LogP contribution in [0.4, 0.5) is 5.69 Å². The molecule has 0 unspecified atom stereocenters. The first kappa shape index (κ1) is 13.1. The SMILES string of the molecule is O=C(Cc1ccc(Br)cn1)c1cccc2c1OCCN2. The van der Waals surface area contributed by atoms with Crippen LogP contribution >= 0.6 is 15.9 Å². The van der Waals surface area contributed by atoms with Crippen molar-refractivity contribution >= 4 is 27.4 Å². The fourth-order valence-corrected chi connectivity index (χ4v) is 2.40. The van der Waals surface area contributed by atoms with Crippen molar-refractivity contribution in [1.29, 1.82) is 0 Å². The van der Waals surface area contributed by atoms with Crippen molar-refractivity contribution in [2.75, 3.05) is 18.5 Å². The van der Waals surface area contributed by atoms with Gasteiger partial charge in [0.1, 0.15) is 6.61 Å². The van der Waals surface area contributed by atoms with Gasteiger partial charge in [0.05, 0.1) is 17.7 Å². The van der Waals surface area contributed by atoms with Gasteiger partial charge in [0.2, 0.25) is 0 Å². The van der Waals surface area contributed by atoms with Gasteiger partial charge in [-0.3, -0.25) is 9.78 Å². The van der Waals surface area contributed by atoms with Gasteiger partial charge >= 0.3 is 0 Å². The maximum absolute atomic E-state index is 12.4. The van der Waals surface area contributed by atoms with Crippen molar-refractivity contribution in [3.8, 4) is 5.75 Å². The van der Waals surface area contributed by atoms with E-state index in [0.717, 1.165) is 22.4 Å². The van der Waals surface area contributed by atoms with Crippen LogP contribution in [0.1, 0.15) is 16.1 Å². The number of carbonyl (C=O) groups is 1. The Morgan fingerprint density at radius 1 is 1.35 bits per heavy atom. The maximum Gasteiger partial charge on any atom is 0.172 e. The lowest BCUT2D eigenvalue weighted by molar-refractivity contribution is 0.0988. The molecule has 1 N–H and O–H groups in total. The molecule has 0 spiro atoms. The van der Waals surface area contributed by atoms with Crippen LogP contribution in [0.3, 0.4) is 0 Å². The molecule has 0 fully saturated rings. The first-order valence-electron chi connectivity index (χ1n) is 6.37. The van der Waals surface area contributed by atoms with Crippen molar-refractivity contribution in [2.24, 2.45) is 0 Å². The van der Waals surface area contributed by atoms with Crippen LogP contribution < -0.4 is 10.1 Å². The highest BCUT2D eigenvalue weighted by Gasteiger charge is 2.19. The van der Waals surface area contributed by atoms with Gasteiger partial charge < -0.3 is 10.1 Å². The molecule has 0 amide bonds. The molecule has 0 bridgehead atoms. The number of halogens is 1. The van der Waals surface area contributed by atoms with Crippen LogP contribution in [-0.2, 0) is 6.42 Å². The Bertz CT molecular complexity index is 641. The van der Waals surface area contributed by atoms with Gasteiger partial charge in [0, 0.05) is 22.9 Å². The van der Waals surface area contributed by atoms with Crippen LogP contribution in [0.5, 0.6) is 5.75 Å². The number of fused-ring (bicyclic) bond motifs is 1. The average molecular weight is 333 g/mol. The minimum absolute atomic E-state index is 0.0142. The highest BCUT2D eigenvalue weighted by Crippen LogP contribution is 2.31. The second kappa shape index (κ2) is 5.63. The van der Waals surface area contributed by atoms with Gasteiger partial charge in [0.25, 0.3) is 0 Å². The van der Waals surface area contributed by atoms with Gasteiger partial charge in [-0.15, -0.1) is 0 Å². The molecular weight excluding hydrogens is 320 g/mol. The molecule has 1 aliphatic rings. The third kappa shape index (κ3) is 2.67. The summed E-state index contributed by atoms with van der Waals surface area (Å²) in [6, 6.07) is 9.31. The molecular formula is C15H13BrN2O2. The largest absolute Gasteiger partial charge is 0.489 e. The van der Waals surface area contributed by atoms with Crippen molar-refractivity contribution in [2.45, 2.75) is 6.42 Å². The van der Waals surface area contributed by atoms with Crippen LogP contribution in [0.15, 0.2) is 41.0 Å². The fraction of sp³-hybridized carbons (Fsp3) is 0.200. The van der Waals surface area contributed by atoms with Crippen molar-refractivity contribution in [3.63, 3.8) is 0 Å². The third-order valence-electron chi connectivity index (χ3n) is 3.11. The summed E-state index contributed by atoms with van der Waals surface area (Å²) in [6.07, 6.45) is 1.97. The van der Waals surface area contributed by atoms with Crippen molar-refractivity contribution < 1.29 is 9.53 Å². The van der Waals surface area contributed by atoms with Crippen molar-refractivity contribution in [3.05, 3.63) is 52.3 Å². The zero-order valence-corrected chi connectivity index (χ0v) is 12.3. The maximum atomic E-state index is 12.4. The molecule has 20 heavy (non-hydrogen) atoms. The zero-order valence-electron chi connectivity index (χ0n) is 10.7. The number of aromatic nitrogens is 1. The highest BCUT2D eigenvalue weighted by molar-refractivity contribution is 9.10. The fourth-order valence-electron chi connectivity index (χ4n) is 2.16. The van der Waals surface area contributed by atoms with Crippen LogP contribution in [0, 0.1) is 0 Å². The molecule has 0 aliphatic carbocycles. The number of para-hydroxylation sites is 1. The number of ether oxygens (including phenoxy) is 1. The number of hydrogen-bond donors (Lipinski definition) is 1. The Hall–Kier alpha value is -1.88. The Labute approximate surface area is 125 Å². The van der Waals surface area contributed by atoms with Gasteiger partial charge in [-0.1, -0.05) is 6.07 Å². The first-order chi connectivity index (χ1) is 9.74. The van der Waals surface area contributed by atoms with E-state index < -0.39 is 0 Å². The molecule has 1 aromatic carbocycles. The number of anilines is 1. The summed E-state index contributed by atoms with van der Waals surface area (Å²) in [5, 5.41) is 3.23. The van der Waals surface area contributed by atoms with E-state index in [1.165, 1.54) is 0 Å². The second-order valence-corrected chi connectivity index (χ2v) is 5.44. The Morgan fingerprint density at radius 2 is 2.25 bits per heavy atom. The number of Topliss-reactive ketones (excluding diaryl/α,β-unsaturated/α-hetero) is 1. The number of carbonyl (C=O) groups excluding carboxylic acids is 1. The van der Waals surface area contributed by atoms with Gasteiger partial charge in [-0.2, -0.15) is 0 Å². The molecule has 0 saturated heterocycles. The van der Waals surface area contributed by atoms with Crippen LogP contribution in [0.25, 0.3) is 0 Å². The van der Waals surface area contributed by atoms with Gasteiger partial charge in [-0.05, 0) is 40.2 Å². The van der Waals surface area contributed by atoms with E-state index in [-0.39, 0.29) is 12.2 Å². The number of hydrogen-bond acceptors (Lipinski definition) is 4. The smallest absolute Gasteiger partial charge is 0.172 e. The number of benzene rings is 1. The Morgan fingerprint density at radius 3 is 3.05 bits per heavy atom. The summed E-state index contributed by atoms with van der Waals surface area (Å²) in [6.45, 7) is 1.34. The van der Waals surface area contributed by atoms with E-state index in [0.29, 0.717) is 17.9 Å². The van der Waals surface area contributed by atoms with E-state index in [4.69, 9.17) is 4.74 Å². The number of pyridine rings is 1. The molecule has 0 atom stereocenters. The lowest BCUT2D eigenvalue weighted by Crippen LogP contribution is -2.20. The second-order valence-electron chi connectivity index (χ2n) is 4.53. The lowest BCUT2D eigenvalue weighted by Gasteiger charge is -2.21. The summed E-state index contributed by atoms with van der Waals surface area (Å²) in [7, 11) is 0. The Kier molecular flexibility index (Phi) is 3.69. The number of nitrogens with zero attached hydrogens (tertiary/aromatic N) is 1. The summed E-state index contributed by atoms with van der Waals surface area (Å²) < 4.78 is 6.52. The number of rotatable bonds is 3. The van der Waals surface area contributed by atoms with Crippen molar-refractivity contribution in [1.82, 2.24) is 4.98 Å². The molecule has 4 nitrogen and oxygen atoms in total. The van der Waals surface area contributed by atoms with Crippen LogP contribution in [0.2, 0.25) is 0 Å². The predicted molar refractivity (Wildman–Crippen MR) is 80.4 cm³/mol. The number of ketones is 1. The molecule has 2 heterocycles. The monoisotopic (exact) mass is 332 g/mol. The number of nitrogens with one attached hydrogen (secondary N) is 1. The molecule has 102 valence electrons. The molecule has 0 radical (unpaired) electrons. The van der Waals surface area contributed by atoms with Gasteiger partial charge in [-0.25, -0.2) is 0 Å². The van der Waals surface area contributed by atoms with Crippen LogP contribution in [-0.4, -0.2) is 23.9 Å². The first-order valence-corrected chi connectivity index (χ1v) is 7.16. The zero-order chi connectivity index (χ0) is 13.9. The van der Waals surface area contributed by atoms with Gasteiger partial charge in [0.15, 0.2) is 11.5 Å². The normalized spacial score (nSPS) is 13.1. The lowest BCUT2D eigenvalue weighted by atomic mass is 10.0. The topological polar surface area (TPSA) is 51.2 Å². The average Bonchev–Trinajstić information content (AvgIpc) is 2.49. The highest BCUT2D eigenvalue weighted by atomic mass is 79.9. The summed E-state index contributed by atoms with van der Waals surface area (Å²) >= 11 is 3.33. The standard InChI is InChI=1S/C15H13BrN2O2/c16-10-4-5-11(18-9-10)8-14(19)12-2-1-3-13-15(12)20-7-6-17-13/h1-5,9,17H,6-8H2. The van der Waals surface area contributed by atoms with E-state index in [1.807, 2.05) is 24.3 Å². The van der Waals surface area contributed by atoms with E-state index in [2.05, 4.69) is 26.2 Å². The quantitative estimate of drug-likeness (QED) is 0.877. The molecule has 5 heteroatoms. The van der Waals surface area contributed by atoms with E-state index in [1.54, 1.807) is 12.3 Å². The Balaban J connectivity index is 1.85. The third-order valence-corrected chi connectivity index (χ3v) is 3.58. The van der Waals surface area contributed by atoms with E-state index >= 15 is 0 Å². The minimum Gasteiger partial charge on any atom is -0.489 e. The summed E-state index contributed by atoms with van der Waals surface area (Å²) in [4.78, 5) is 16.6. The molecule has 2 aromatic rings. The summed E-state index contributed by atoms with van der Waals surface area (Å²) in [5.74, 6) is 0.668. The molecule has 3 rings (SSSR count). The molecule has 0 saturated carbocycles.